The molecule has 1 aliphatic carbocycles. The Morgan fingerprint density at radius 3 is 2.86 bits per heavy atom. The van der Waals surface area contributed by atoms with E-state index in [1.807, 2.05) is 0 Å². The predicted octanol–water partition coefficient (Wildman–Crippen LogP) is 2.83. The van der Waals surface area contributed by atoms with E-state index in [4.69, 9.17) is 15.2 Å². The number of fused-ring (bicyclic) bond motifs is 2. The molecule has 4 aliphatic rings. The Labute approximate surface area is 208 Å². The van der Waals surface area contributed by atoms with Crippen LogP contribution in [0.4, 0.5) is 18.0 Å². The van der Waals surface area contributed by atoms with Gasteiger partial charge >= 0.3 is 12.2 Å². The molecule has 198 valence electrons. The second kappa shape index (κ2) is 9.48. The van der Waals surface area contributed by atoms with Crippen molar-refractivity contribution in [2.24, 2.45) is 28.9 Å². The van der Waals surface area contributed by atoms with Gasteiger partial charge in [0.15, 0.2) is 0 Å². The molecule has 5 atom stereocenters. The number of pyridine rings is 1. The topological polar surface area (TPSA) is 98.0 Å². The van der Waals surface area contributed by atoms with Gasteiger partial charge in [0.05, 0.1) is 23.7 Å². The number of carbonyl (C=O) groups excluding carboxylic acids is 2. The van der Waals surface area contributed by atoms with Gasteiger partial charge in [0.2, 0.25) is 5.91 Å². The number of rotatable bonds is 4. The molecule has 3 aliphatic heterocycles. The van der Waals surface area contributed by atoms with Crippen LogP contribution < -0.4 is 5.73 Å². The van der Waals surface area contributed by atoms with Crippen LogP contribution >= 0.6 is 0 Å². The Morgan fingerprint density at radius 2 is 2.14 bits per heavy atom. The van der Waals surface area contributed by atoms with Gasteiger partial charge in [0, 0.05) is 58.2 Å². The molecule has 2 saturated heterocycles. The number of alkyl halides is 3. The Balaban J connectivity index is 1.36. The average Bonchev–Trinajstić information content (AvgIpc) is 3.38. The molecule has 0 bridgehead atoms. The van der Waals surface area contributed by atoms with Crippen LogP contribution in [0.3, 0.4) is 0 Å². The molecule has 11 heteroatoms. The Kier molecular flexibility index (Phi) is 6.65. The monoisotopic (exact) mass is 510 g/mol. The summed E-state index contributed by atoms with van der Waals surface area (Å²) in [5.41, 5.74) is 5.05. The summed E-state index contributed by atoms with van der Waals surface area (Å²) >= 11 is 0. The van der Waals surface area contributed by atoms with Crippen molar-refractivity contribution in [2.45, 2.75) is 50.9 Å². The number of methoxy groups -OCH3 is 1. The minimum Gasteiger partial charge on any atom is -0.379 e. The van der Waals surface area contributed by atoms with Crippen molar-refractivity contribution >= 4 is 11.9 Å². The number of hydrogen-bond acceptors (Lipinski definition) is 5. The molecule has 1 aromatic heterocycles. The van der Waals surface area contributed by atoms with Crippen molar-refractivity contribution in [3.8, 4) is 0 Å². The minimum atomic E-state index is -4.49. The van der Waals surface area contributed by atoms with E-state index in [-0.39, 0.29) is 31.0 Å². The van der Waals surface area contributed by atoms with Gasteiger partial charge in [-0.15, -0.1) is 0 Å². The molecule has 2 N–H and O–H groups in total. The normalized spacial score (nSPS) is 32.3. The van der Waals surface area contributed by atoms with Crippen molar-refractivity contribution < 1.29 is 32.2 Å². The van der Waals surface area contributed by atoms with Crippen molar-refractivity contribution in [3.05, 3.63) is 29.1 Å². The highest BCUT2D eigenvalue weighted by atomic mass is 19.4. The molecule has 36 heavy (non-hydrogen) atoms. The van der Waals surface area contributed by atoms with Crippen molar-refractivity contribution in [1.82, 2.24) is 14.8 Å². The lowest BCUT2D eigenvalue weighted by Gasteiger charge is -2.37. The smallest absolute Gasteiger partial charge is 0.379 e. The van der Waals surface area contributed by atoms with Crippen LogP contribution in [0.5, 0.6) is 0 Å². The van der Waals surface area contributed by atoms with Crippen LogP contribution in [0.15, 0.2) is 12.3 Å². The van der Waals surface area contributed by atoms with Gasteiger partial charge in [0.1, 0.15) is 0 Å². The second-order valence-electron chi connectivity index (χ2n) is 10.8. The summed E-state index contributed by atoms with van der Waals surface area (Å²) in [6.45, 7) is 2.44. The molecule has 1 saturated carbocycles. The molecule has 3 amide bonds. The number of amides is 3. The van der Waals surface area contributed by atoms with Crippen LogP contribution in [0.25, 0.3) is 0 Å². The number of nitrogens with zero attached hydrogens (tertiary/aromatic N) is 3. The summed E-state index contributed by atoms with van der Waals surface area (Å²) in [4.78, 5) is 33.3. The number of likely N-dealkylation sites (tertiary alicyclic amines) is 1. The highest BCUT2D eigenvalue weighted by Gasteiger charge is 2.59. The van der Waals surface area contributed by atoms with E-state index in [2.05, 4.69) is 4.98 Å². The van der Waals surface area contributed by atoms with E-state index in [1.54, 1.807) is 16.9 Å². The van der Waals surface area contributed by atoms with Gasteiger partial charge in [-0.2, -0.15) is 13.2 Å². The highest BCUT2D eigenvalue weighted by molar-refractivity contribution is 5.86. The highest BCUT2D eigenvalue weighted by Crippen LogP contribution is 2.54. The summed E-state index contributed by atoms with van der Waals surface area (Å²) in [6, 6.07) is 0.564. The summed E-state index contributed by atoms with van der Waals surface area (Å²) in [5, 5.41) is 0. The molecule has 5 rings (SSSR count). The third kappa shape index (κ3) is 4.55. The summed E-state index contributed by atoms with van der Waals surface area (Å²) in [5.74, 6) is 0.535. The van der Waals surface area contributed by atoms with Crippen LogP contribution in [-0.4, -0.2) is 72.8 Å². The van der Waals surface area contributed by atoms with Gasteiger partial charge in [-0.1, -0.05) is 0 Å². The lowest BCUT2D eigenvalue weighted by Crippen LogP contribution is -2.49. The van der Waals surface area contributed by atoms with E-state index < -0.39 is 23.2 Å². The standard InChI is InChI=1S/C25H33F3N4O4/c1-35-21-13-36-5-3-16(21)6-15-7-19-12-32(23(29)34)14-24(19,9-15)22(33)31-4-2-20-17(11-31)8-18(10-30-20)25(26,27)28/h8,10,15-16,19,21H,2-7,9,11-14H2,1H3,(H2,29,34)/t15-,16+,19+,21-,24+/m1/s1. The zero-order chi connectivity index (χ0) is 25.7. The molecule has 0 aromatic carbocycles. The third-order valence-corrected chi connectivity index (χ3v) is 8.74. The first-order valence-electron chi connectivity index (χ1n) is 12.6. The van der Waals surface area contributed by atoms with E-state index in [0.717, 1.165) is 31.5 Å². The van der Waals surface area contributed by atoms with E-state index in [0.29, 0.717) is 62.2 Å². The van der Waals surface area contributed by atoms with Gasteiger partial charge < -0.3 is 25.0 Å². The number of nitrogens with two attached hydrogens (primary N) is 1. The van der Waals surface area contributed by atoms with E-state index in [9.17, 15) is 22.8 Å². The number of halogens is 3. The maximum Gasteiger partial charge on any atom is 0.417 e. The van der Waals surface area contributed by atoms with E-state index >= 15 is 0 Å². The van der Waals surface area contributed by atoms with Crippen molar-refractivity contribution in [2.75, 3.05) is 40.0 Å². The third-order valence-electron chi connectivity index (χ3n) is 8.74. The quantitative estimate of drug-likeness (QED) is 0.672. The van der Waals surface area contributed by atoms with Gasteiger partial charge in [-0.3, -0.25) is 9.78 Å². The predicted molar refractivity (Wildman–Crippen MR) is 123 cm³/mol. The largest absolute Gasteiger partial charge is 0.417 e. The number of aromatic nitrogens is 1. The first-order valence-corrected chi connectivity index (χ1v) is 12.6. The zero-order valence-electron chi connectivity index (χ0n) is 20.4. The van der Waals surface area contributed by atoms with Crippen LogP contribution in [0.2, 0.25) is 0 Å². The molecule has 4 heterocycles. The van der Waals surface area contributed by atoms with Crippen LogP contribution in [-0.2, 0) is 33.4 Å². The maximum absolute atomic E-state index is 14.1. The van der Waals surface area contributed by atoms with Gasteiger partial charge in [-0.05, 0) is 55.1 Å². The SMILES string of the molecule is CO[C@@H]1COCC[C@H]1C[C@@H]1C[C@H]2CN(C(N)=O)C[C@@]2(C(=O)N2CCc3ncc(C(F)(F)F)cc3C2)C1. The van der Waals surface area contributed by atoms with Crippen molar-refractivity contribution in [3.63, 3.8) is 0 Å². The number of carbonyl (C=O) groups is 2. The number of ether oxygens (including phenoxy) is 2. The number of urea groups is 1. The molecule has 0 unspecified atom stereocenters. The molecule has 0 radical (unpaired) electrons. The fourth-order valence-electron chi connectivity index (χ4n) is 6.97. The Hall–Kier alpha value is -2.40. The lowest BCUT2D eigenvalue weighted by molar-refractivity contribution is -0.144. The average molecular weight is 511 g/mol. The fourth-order valence-corrected chi connectivity index (χ4v) is 6.97. The molecular weight excluding hydrogens is 477 g/mol. The summed E-state index contributed by atoms with van der Waals surface area (Å²) in [7, 11) is 1.69. The Bertz CT molecular complexity index is 1020. The van der Waals surface area contributed by atoms with Crippen molar-refractivity contribution in [1.29, 1.82) is 0 Å². The molecule has 1 aromatic rings. The maximum atomic E-state index is 14.1. The van der Waals surface area contributed by atoms with E-state index in [1.165, 1.54) is 0 Å². The molecular formula is C25H33F3N4O4. The van der Waals surface area contributed by atoms with Gasteiger partial charge in [-0.25, -0.2) is 4.79 Å². The molecule has 8 nitrogen and oxygen atoms in total. The molecule has 0 spiro atoms. The summed E-state index contributed by atoms with van der Waals surface area (Å²) in [6.07, 6.45) is 0.0809. The summed E-state index contributed by atoms with van der Waals surface area (Å²) < 4.78 is 51.0. The minimum absolute atomic E-state index is 0.0237. The number of hydrogen-bond donors (Lipinski definition) is 1. The van der Waals surface area contributed by atoms with Gasteiger partial charge in [0.25, 0.3) is 0 Å². The first kappa shape index (κ1) is 25.3. The Morgan fingerprint density at radius 1 is 1.33 bits per heavy atom. The van der Waals surface area contributed by atoms with Crippen LogP contribution in [0.1, 0.15) is 42.5 Å². The first-order chi connectivity index (χ1) is 17.1. The fraction of sp³-hybridized carbons (Fsp3) is 0.720. The number of primary amides is 1. The zero-order valence-corrected chi connectivity index (χ0v) is 20.4. The molecule has 3 fully saturated rings. The second-order valence-corrected chi connectivity index (χ2v) is 10.8. The lowest BCUT2D eigenvalue weighted by atomic mass is 9.78. The van der Waals surface area contributed by atoms with Crippen LogP contribution in [0, 0.1) is 23.2 Å².